The fourth-order valence-electron chi connectivity index (χ4n) is 2.28. The molecule has 2 atom stereocenters. The van der Waals surface area contributed by atoms with Gasteiger partial charge in [-0.1, -0.05) is 6.07 Å². The lowest BCUT2D eigenvalue weighted by atomic mass is 9.87. The molecule has 4 nitrogen and oxygen atoms in total. The molecule has 1 aromatic heterocycles. The van der Waals surface area contributed by atoms with Crippen LogP contribution in [0.15, 0.2) is 12.1 Å². The second kappa shape index (κ2) is 5.06. The third-order valence-corrected chi connectivity index (χ3v) is 3.09. The highest BCUT2D eigenvalue weighted by Crippen LogP contribution is 2.17. The van der Waals surface area contributed by atoms with Crippen LogP contribution in [-0.4, -0.2) is 42.8 Å². The summed E-state index contributed by atoms with van der Waals surface area (Å²) in [6.45, 7) is 7.84. The second-order valence-corrected chi connectivity index (χ2v) is 4.73. The smallest absolute Gasteiger partial charge is 0.306 e. The zero-order chi connectivity index (χ0) is 12.4. The van der Waals surface area contributed by atoms with Crippen molar-refractivity contribution >= 4 is 18.8 Å². The van der Waals surface area contributed by atoms with Crippen LogP contribution in [0.2, 0.25) is 0 Å². The average molecular weight is 234 g/mol. The summed E-state index contributed by atoms with van der Waals surface area (Å²) in [6.07, 6.45) is 0.469. The van der Waals surface area contributed by atoms with E-state index < -0.39 is 0 Å². The van der Waals surface area contributed by atoms with Gasteiger partial charge in [-0.25, -0.2) is 4.98 Å². The highest BCUT2D eigenvalue weighted by Gasteiger charge is 2.23. The van der Waals surface area contributed by atoms with Gasteiger partial charge >= 0.3 is 7.48 Å². The van der Waals surface area contributed by atoms with Crippen molar-refractivity contribution in [3.8, 4) is 0 Å². The summed E-state index contributed by atoms with van der Waals surface area (Å²) in [5.41, 5.74) is 1.79. The lowest BCUT2D eigenvalue weighted by Crippen LogP contribution is -2.46. The maximum absolute atomic E-state index is 9.13. The van der Waals surface area contributed by atoms with Crippen LogP contribution < -0.4 is 10.4 Å². The van der Waals surface area contributed by atoms with Crippen molar-refractivity contribution in [1.82, 2.24) is 4.98 Å². The molecule has 2 heterocycles. The molecule has 1 aliphatic heterocycles. The van der Waals surface area contributed by atoms with Gasteiger partial charge < -0.3 is 14.7 Å². The Bertz CT molecular complexity index is 390. The first-order valence-electron chi connectivity index (χ1n) is 6.08. The van der Waals surface area contributed by atoms with Gasteiger partial charge in [-0.05, 0) is 32.3 Å². The number of hydrogen-bond donors (Lipinski definition) is 1. The fraction of sp³-hybridized carbons (Fsp3) is 0.583. The van der Waals surface area contributed by atoms with Crippen molar-refractivity contribution in [3.05, 3.63) is 17.8 Å². The van der Waals surface area contributed by atoms with Crippen LogP contribution in [0.3, 0.4) is 0 Å². The molecule has 0 amide bonds. The van der Waals surface area contributed by atoms with E-state index in [9.17, 15) is 0 Å². The standard InChI is InChI=1S/C12H19BN2O2/c1-8-6-15(7-9(2)17-8)12-5-4-11(13-16)10(3)14-12/h4-5,8-9,13,16H,6-7H2,1-3H3/t8-,9+. The van der Waals surface area contributed by atoms with Gasteiger partial charge in [-0.2, -0.15) is 0 Å². The second-order valence-electron chi connectivity index (χ2n) is 4.73. The number of nitrogens with zero attached hydrogens (tertiary/aromatic N) is 2. The largest absolute Gasteiger partial charge is 0.449 e. The molecule has 1 saturated heterocycles. The van der Waals surface area contributed by atoms with Gasteiger partial charge in [0.1, 0.15) is 5.82 Å². The molecule has 0 aromatic carbocycles. The van der Waals surface area contributed by atoms with Crippen LogP contribution in [0.1, 0.15) is 19.5 Å². The number of aromatic nitrogens is 1. The van der Waals surface area contributed by atoms with E-state index in [2.05, 4.69) is 23.7 Å². The van der Waals surface area contributed by atoms with Gasteiger partial charge in [-0.15, -0.1) is 0 Å². The number of pyridine rings is 1. The summed E-state index contributed by atoms with van der Waals surface area (Å²) in [4.78, 5) is 6.79. The van der Waals surface area contributed by atoms with Crippen molar-refractivity contribution in [3.63, 3.8) is 0 Å². The van der Waals surface area contributed by atoms with Crippen LogP contribution in [0.5, 0.6) is 0 Å². The van der Waals surface area contributed by atoms with E-state index in [4.69, 9.17) is 9.76 Å². The maximum atomic E-state index is 9.13. The number of anilines is 1. The van der Waals surface area contributed by atoms with Crippen LogP contribution in [0.25, 0.3) is 0 Å². The SMILES string of the molecule is Cc1nc(N2C[C@@H](C)O[C@@H](C)C2)ccc1BO. The Balaban J connectivity index is 2.19. The van der Waals surface area contributed by atoms with Gasteiger partial charge in [0.25, 0.3) is 0 Å². The molecule has 17 heavy (non-hydrogen) atoms. The molecule has 0 saturated carbocycles. The third-order valence-electron chi connectivity index (χ3n) is 3.09. The van der Waals surface area contributed by atoms with E-state index in [0.29, 0.717) is 0 Å². The van der Waals surface area contributed by atoms with Gasteiger partial charge in [0, 0.05) is 18.8 Å². The quantitative estimate of drug-likeness (QED) is 0.730. The molecule has 0 aliphatic carbocycles. The normalized spacial score (nSPS) is 24.8. The first-order valence-corrected chi connectivity index (χ1v) is 6.08. The zero-order valence-corrected chi connectivity index (χ0v) is 10.7. The van der Waals surface area contributed by atoms with E-state index in [-0.39, 0.29) is 19.7 Å². The number of hydrogen-bond acceptors (Lipinski definition) is 4. The molecule has 1 fully saturated rings. The fourth-order valence-corrected chi connectivity index (χ4v) is 2.28. The zero-order valence-electron chi connectivity index (χ0n) is 10.7. The van der Waals surface area contributed by atoms with Crippen molar-refractivity contribution in [2.45, 2.75) is 33.0 Å². The van der Waals surface area contributed by atoms with Gasteiger partial charge in [-0.3, -0.25) is 0 Å². The van der Waals surface area contributed by atoms with Gasteiger partial charge in [0.15, 0.2) is 0 Å². The molecule has 1 N–H and O–H groups in total. The Morgan fingerprint density at radius 3 is 2.53 bits per heavy atom. The molecule has 0 radical (unpaired) electrons. The van der Waals surface area contributed by atoms with E-state index >= 15 is 0 Å². The van der Waals surface area contributed by atoms with E-state index in [0.717, 1.165) is 30.1 Å². The first-order chi connectivity index (χ1) is 8.10. The molecule has 92 valence electrons. The summed E-state index contributed by atoms with van der Waals surface area (Å²) >= 11 is 0. The number of morpholine rings is 1. The van der Waals surface area contributed by atoms with Gasteiger partial charge in [0.2, 0.25) is 0 Å². The molecular formula is C12H19BN2O2. The molecule has 0 bridgehead atoms. The Kier molecular flexibility index (Phi) is 3.69. The van der Waals surface area contributed by atoms with Crippen molar-refractivity contribution in [2.24, 2.45) is 0 Å². The van der Waals surface area contributed by atoms with E-state index in [1.165, 1.54) is 0 Å². The Morgan fingerprint density at radius 1 is 1.35 bits per heavy atom. The summed E-state index contributed by atoms with van der Waals surface area (Å²) in [5.74, 6) is 0.974. The minimum absolute atomic E-state index is 0.0506. The maximum Gasteiger partial charge on any atom is 0.306 e. The highest BCUT2D eigenvalue weighted by molar-refractivity contribution is 6.46. The molecule has 5 heteroatoms. The molecule has 0 spiro atoms. The Labute approximate surface area is 103 Å². The topological polar surface area (TPSA) is 45.6 Å². The summed E-state index contributed by atoms with van der Waals surface area (Å²) < 4.78 is 5.70. The van der Waals surface area contributed by atoms with Crippen molar-refractivity contribution < 1.29 is 9.76 Å². The number of rotatable bonds is 2. The highest BCUT2D eigenvalue weighted by atomic mass is 16.5. The number of aryl methyl sites for hydroxylation is 1. The molecular weight excluding hydrogens is 215 g/mol. The number of ether oxygens (including phenoxy) is 1. The molecule has 1 aliphatic rings. The molecule has 1 aromatic rings. The lowest BCUT2D eigenvalue weighted by Gasteiger charge is -2.36. The van der Waals surface area contributed by atoms with E-state index in [1.54, 1.807) is 0 Å². The van der Waals surface area contributed by atoms with Crippen molar-refractivity contribution in [2.75, 3.05) is 18.0 Å². The predicted molar refractivity (Wildman–Crippen MR) is 70.2 cm³/mol. The van der Waals surface area contributed by atoms with E-state index in [1.807, 2.05) is 19.1 Å². The third kappa shape index (κ3) is 2.79. The first kappa shape index (κ1) is 12.4. The van der Waals surface area contributed by atoms with Gasteiger partial charge in [0.05, 0.1) is 12.2 Å². The molecule has 2 rings (SSSR count). The Hall–Kier alpha value is -1.07. The van der Waals surface area contributed by atoms with Crippen LogP contribution >= 0.6 is 0 Å². The van der Waals surface area contributed by atoms with Crippen molar-refractivity contribution in [1.29, 1.82) is 0 Å². The summed E-state index contributed by atoms with van der Waals surface area (Å²) in [6, 6.07) is 3.92. The summed E-state index contributed by atoms with van der Waals surface area (Å²) in [7, 11) is 0.0506. The molecule has 0 unspecified atom stereocenters. The van der Waals surface area contributed by atoms with Crippen LogP contribution in [0.4, 0.5) is 5.82 Å². The predicted octanol–water partition coefficient (Wildman–Crippen LogP) is -0.0273. The minimum Gasteiger partial charge on any atom is -0.449 e. The Morgan fingerprint density at radius 2 is 2.00 bits per heavy atom. The summed E-state index contributed by atoms with van der Waals surface area (Å²) in [5, 5.41) is 9.13. The van der Waals surface area contributed by atoms with Crippen LogP contribution in [0, 0.1) is 6.92 Å². The monoisotopic (exact) mass is 234 g/mol. The average Bonchev–Trinajstić information content (AvgIpc) is 2.27. The lowest BCUT2D eigenvalue weighted by molar-refractivity contribution is -0.00546. The van der Waals surface area contributed by atoms with Crippen LogP contribution in [-0.2, 0) is 4.74 Å². The minimum atomic E-state index is 0.0506.